The first-order valence-electron chi connectivity index (χ1n) is 7.25. The average molecular weight is 332 g/mol. The number of aliphatic hydroxyl groups is 1. The lowest BCUT2D eigenvalue weighted by atomic mass is 10.2. The molecule has 0 aromatic carbocycles. The van der Waals surface area contributed by atoms with E-state index in [-0.39, 0.29) is 6.61 Å². The van der Waals surface area contributed by atoms with Crippen LogP contribution in [0.5, 0.6) is 0 Å². The van der Waals surface area contributed by atoms with E-state index in [9.17, 15) is 5.11 Å². The van der Waals surface area contributed by atoms with Gasteiger partial charge in [0.05, 0.1) is 22.5 Å². The number of hydrogen-bond acceptors (Lipinski definition) is 3. The van der Waals surface area contributed by atoms with Crippen LogP contribution in [-0.2, 0) is 19.5 Å². The van der Waals surface area contributed by atoms with Crippen molar-refractivity contribution in [1.82, 2.24) is 14.7 Å². The molecule has 0 aliphatic carbocycles. The molecule has 0 saturated heterocycles. The first-order chi connectivity index (χ1) is 9.17. The Morgan fingerprint density at radius 1 is 1.26 bits per heavy atom. The highest BCUT2D eigenvalue weighted by atomic mass is 79.9. The van der Waals surface area contributed by atoms with Gasteiger partial charge < -0.3 is 5.11 Å². The summed E-state index contributed by atoms with van der Waals surface area (Å²) in [6.07, 6.45) is 3.28. The molecule has 0 radical (unpaired) electrons. The van der Waals surface area contributed by atoms with E-state index in [1.54, 1.807) is 0 Å². The molecule has 5 heteroatoms. The molecule has 4 nitrogen and oxygen atoms in total. The van der Waals surface area contributed by atoms with Crippen molar-refractivity contribution in [2.24, 2.45) is 0 Å². The standard InChI is InChI=1S/C14H26BrN3O/c1-4-7-8-17(9-10-19)11-13-14(15)12(5-2)16-18(13)6-3/h19H,4-11H2,1-3H3. The Labute approximate surface area is 124 Å². The number of unbranched alkanes of at least 4 members (excludes halogenated alkanes) is 1. The highest BCUT2D eigenvalue weighted by Gasteiger charge is 2.16. The van der Waals surface area contributed by atoms with Gasteiger partial charge in [0.25, 0.3) is 0 Å². The zero-order valence-corrected chi connectivity index (χ0v) is 13.9. The summed E-state index contributed by atoms with van der Waals surface area (Å²) in [4.78, 5) is 2.30. The molecule has 0 unspecified atom stereocenters. The zero-order chi connectivity index (χ0) is 14.3. The molecule has 0 saturated carbocycles. The predicted molar refractivity (Wildman–Crippen MR) is 82.2 cm³/mol. The molecular formula is C14H26BrN3O. The van der Waals surface area contributed by atoms with Gasteiger partial charge in [-0.2, -0.15) is 5.10 Å². The third-order valence-corrected chi connectivity index (χ3v) is 4.23. The Balaban J connectivity index is 2.84. The first-order valence-corrected chi connectivity index (χ1v) is 8.04. The van der Waals surface area contributed by atoms with Crippen LogP contribution in [0.15, 0.2) is 4.47 Å². The number of aryl methyl sites for hydroxylation is 2. The SMILES string of the molecule is CCCCN(CCO)Cc1c(Br)c(CC)nn1CC. The van der Waals surface area contributed by atoms with E-state index in [1.807, 2.05) is 0 Å². The summed E-state index contributed by atoms with van der Waals surface area (Å²) in [5.74, 6) is 0. The van der Waals surface area contributed by atoms with Crippen molar-refractivity contribution < 1.29 is 5.11 Å². The van der Waals surface area contributed by atoms with E-state index in [0.717, 1.165) is 42.8 Å². The van der Waals surface area contributed by atoms with Crippen molar-refractivity contribution in [1.29, 1.82) is 0 Å². The van der Waals surface area contributed by atoms with Crippen LogP contribution in [0, 0.1) is 0 Å². The normalized spacial score (nSPS) is 11.5. The second-order valence-corrected chi connectivity index (χ2v) is 5.52. The monoisotopic (exact) mass is 331 g/mol. The van der Waals surface area contributed by atoms with E-state index in [0.29, 0.717) is 0 Å². The van der Waals surface area contributed by atoms with E-state index in [2.05, 4.69) is 51.4 Å². The lowest BCUT2D eigenvalue weighted by Gasteiger charge is -2.21. The molecule has 1 aromatic rings. The summed E-state index contributed by atoms with van der Waals surface area (Å²) in [6, 6.07) is 0. The maximum atomic E-state index is 9.19. The van der Waals surface area contributed by atoms with E-state index in [4.69, 9.17) is 0 Å². The smallest absolute Gasteiger partial charge is 0.0767 e. The number of hydrogen-bond donors (Lipinski definition) is 1. The molecule has 1 rings (SSSR count). The van der Waals surface area contributed by atoms with Crippen molar-refractivity contribution in [3.05, 3.63) is 15.9 Å². The maximum absolute atomic E-state index is 9.19. The molecule has 1 N–H and O–H groups in total. The minimum absolute atomic E-state index is 0.211. The Bertz CT molecular complexity index is 379. The van der Waals surface area contributed by atoms with Crippen molar-refractivity contribution >= 4 is 15.9 Å². The van der Waals surface area contributed by atoms with Gasteiger partial charge in [0, 0.05) is 19.6 Å². The molecule has 0 amide bonds. The van der Waals surface area contributed by atoms with Crippen LogP contribution in [0.4, 0.5) is 0 Å². The summed E-state index contributed by atoms with van der Waals surface area (Å²) in [5, 5.41) is 13.8. The quantitative estimate of drug-likeness (QED) is 0.756. The molecule has 0 bridgehead atoms. The summed E-state index contributed by atoms with van der Waals surface area (Å²) >= 11 is 3.68. The Morgan fingerprint density at radius 2 is 2.00 bits per heavy atom. The molecule has 110 valence electrons. The fraction of sp³-hybridized carbons (Fsp3) is 0.786. The van der Waals surface area contributed by atoms with Gasteiger partial charge in [0.2, 0.25) is 0 Å². The molecule has 1 aromatic heterocycles. The van der Waals surface area contributed by atoms with Gasteiger partial charge in [-0.15, -0.1) is 0 Å². The number of aliphatic hydroxyl groups excluding tert-OH is 1. The van der Waals surface area contributed by atoms with Crippen LogP contribution in [-0.4, -0.2) is 39.5 Å². The Morgan fingerprint density at radius 3 is 2.53 bits per heavy atom. The van der Waals surface area contributed by atoms with Crippen LogP contribution in [0.25, 0.3) is 0 Å². The predicted octanol–water partition coefficient (Wildman–Crippen LogP) is 2.82. The van der Waals surface area contributed by atoms with Crippen LogP contribution < -0.4 is 0 Å². The van der Waals surface area contributed by atoms with Crippen LogP contribution in [0.3, 0.4) is 0 Å². The Hall–Kier alpha value is -0.390. The number of halogens is 1. The van der Waals surface area contributed by atoms with E-state index >= 15 is 0 Å². The summed E-state index contributed by atoms with van der Waals surface area (Å²) in [7, 11) is 0. The highest BCUT2D eigenvalue weighted by Crippen LogP contribution is 2.23. The van der Waals surface area contributed by atoms with Gasteiger partial charge in [-0.3, -0.25) is 9.58 Å². The largest absolute Gasteiger partial charge is 0.395 e. The van der Waals surface area contributed by atoms with Gasteiger partial charge in [-0.05, 0) is 42.2 Å². The van der Waals surface area contributed by atoms with Crippen molar-refractivity contribution in [2.75, 3.05) is 19.7 Å². The zero-order valence-electron chi connectivity index (χ0n) is 12.3. The van der Waals surface area contributed by atoms with Crippen LogP contribution in [0.1, 0.15) is 45.0 Å². The second kappa shape index (κ2) is 8.72. The molecule has 0 aliphatic heterocycles. The number of aromatic nitrogens is 2. The van der Waals surface area contributed by atoms with Crippen molar-refractivity contribution in [2.45, 2.75) is 53.1 Å². The summed E-state index contributed by atoms with van der Waals surface area (Å²) < 4.78 is 3.20. The van der Waals surface area contributed by atoms with Crippen LogP contribution in [0.2, 0.25) is 0 Å². The molecule has 1 heterocycles. The summed E-state index contributed by atoms with van der Waals surface area (Å²) in [6.45, 7) is 10.1. The highest BCUT2D eigenvalue weighted by molar-refractivity contribution is 9.10. The van der Waals surface area contributed by atoms with Gasteiger partial charge in [-0.1, -0.05) is 20.3 Å². The van der Waals surface area contributed by atoms with E-state index < -0.39 is 0 Å². The molecule has 0 aliphatic rings. The summed E-state index contributed by atoms with van der Waals surface area (Å²) in [5.41, 5.74) is 2.35. The van der Waals surface area contributed by atoms with Gasteiger partial charge in [-0.25, -0.2) is 0 Å². The fourth-order valence-electron chi connectivity index (χ4n) is 2.17. The van der Waals surface area contributed by atoms with Gasteiger partial charge >= 0.3 is 0 Å². The van der Waals surface area contributed by atoms with Gasteiger partial charge in [0.1, 0.15) is 0 Å². The molecule has 19 heavy (non-hydrogen) atoms. The lowest BCUT2D eigenvalue weighted by Crippen LogP contribution is -2.28. The third-order valence-electron chi connectivity index (χ3n) is 3.31. The minimum atomic E-state index is 0.211. The third kappa shape index (κ3) is 4.58. The Kier molecular flexibility index (Phi) is 7.64. The lowest BCUT2D eigenvalue weighted by molar-refractivity contribution is 0.184. The molecular weight excluding hydrogens is 306 g/mol. The van der Waals surface area contributed by atoms with E-state index in [1.165, 1.54) is 18.5 Å². The number of rotatable bonds is 9. The van der Waals surface area contributed by atoms with Crippen molar-refractivity contribution in [3.63, 3.8) is 0 Å². The maximum Gasteiger partial charge on any atom is 0.0767 e. The average Bonchev–Trinajstić information content (AvgIpc) is 2.72. The molecule has 0 fully saturated rings. The molecule has 0 spiro atoms. The minimum Gasteiger partial charge on any atom is -0.395 e. The van der Waals surface area contributed by atoms with Crippen LogP contribution >= 0.6 is 15.9 Å². The topological polar surface area (TPSA) is 41.3 Å². The van der Waals surface area contributed by atoms with Crippen molar-refractivity contribution in [3.8, 4) is 0 Å². The molecule has 0 atom stereocenters. The first kappa shape index (κ1) is 16.7. The fourth-order valence-corrected chi connectivity index (χ4v) is 2.86. The number of nitrogens with zero attached hydrogens (tertiary/aromatic N) is 3. The van der Waals surface area contributed by atoms with Gasteiger partial charge in [0.15, 0.2) is 0 Å². The second-order valence-electron chi connectivity index (χ2n) is 4.73.